The van der Waals surface area contributed by atoms with Crippen LogP contribution in [0.15, 0.2) is 59.6 Å². The van der Waals surface area contributed by atoms with Gasteiger partial charge in [-0.05, 0) is 25.1 Å². The first-order valence-corrected chi connectivity index (χ1v) is 10.5. The van der Waals surface area contributed by atoms with E-state index in [4.69, 9.17) is 4.74 Å². The molecule has 1 amide bonds. The molecule has 0 unspecified atom stereocenters. The monoisotopic (exact) mass is 419 g/mol. The van der Waals surface area contributed by atoms with Crippen molar-refractivity contribution in [2.45, 2.75) is 17.9 Å². The van der Waals surface area contributed by atoms with Crippen LogP contribution < -0.4 is 4.73 Å². The number of sulfonamides is 1. The summed E-state index contributed by atoms with van der Waals surface area (Å²) in [5, 5.41) is 11.6. The Kier molecular flexibility index (Phi) is 6.14. The molecule has 0 bridgehead atoms. The van der Waals surface area contributed by atoms with Crippen molar-refractivity contribution in [1.82, 2.24) is 9.21 Å². The molecule has 1 saturated heterocycles. The average Bonchev–Trinajstić information content (AvgIpc) is 2.74. The fourth-order valence-corrected chi connectivity index (χ4v) is 4.45. The number of rotatable bonds is 5. The van der Waals surface area contributed by atoms with Crippen molar-refractivity contribution in [1.29, 1.82) is 0 Å². The SMILES string of the molecule is C[C@@H](OC(=O)c1cccc[n+]1[O-])C(=O)N1CCN(S(=O)(=O)c2ccccc2)CC1. The second-order valence-electron chi connectivity index (χ2n) is 6.50. The first-order valence-electron chi connectivity index (χ1n) is 9.04. The number of carbonyl (C=O) groups excluding carboxylic acids is 2. The number of hydrogen-bond acceptors (Lipinski definition) is 6. The molecule has 1 aromatic heterocycles. The van der Waals surface area contributed by atoms with Gasteiger partial charge in [0, 0.05) is 38.3 Å². The summed E-state index contributed by atoms with van der Waals surface area (Å²) in [6, 6.07) is 12.4. The maximum Gasteiger partial charge on any atom is 0.405 e. The number of benzene rings is 1. The second kappa shape index (κ2) is 8.58. The van der Waals surface area contributed by atoms with Gasteiger partial charge in [-0.25, -0.2) is 13.2 Å². The van der Waals surface area contributed by atoms with Gasteiger partial charge >= 0.3 is 11.7 Å². The van der Waals surface area contributed by atoms with Crippen LogP contribution in [0.2, 0.25) is 0 Å². The maximum atomic E-state index is 12.7. The van der Waals surface area contributed by atoms with Crippen LogP contribution in [0, 0.1) is 5.21 Å². The van der Waals surface area contributed by atoms with E-state index >= 15 is 0 Å². The summed E-state index contributed by atoms with van der Waals surface area (Å²) in [4.78, 5) is 26.3. The number of piperazine rings is 1. The standard InChI is InChI=1S/C19H21N3O6S/c1-15(28-19(24)17-9-5-6-10-22(17)25)18(23)20-11-13-21(14-12-20)29(26,27)16-7-3-2-4-8-16/h2-10,15H,11-14H2,1H3/t15-/m1/s1. The Morgan fingerprint density at radius 2 is 1.66 bits per heavy atom. The second-order valence-corrected chi connectivity index (χ2v) is 8.44. The lowest BCUT2D eigenvalue weighted by Gasteiger charge is -2.35. The van der Waals surface area contributed by atoms with Crippen LogP contribution in [0.25, 0.3) is 0 Å². The van der Waals surface area contributed by atoms with E-state index < -0.39 is 28.0 Å². The molecule has 10 heteroatoms. The Bertz CT molecular complexity index is 988. The van der Waals surface area contributed by atoms with Gasteiger partial charge in [0.15, 0.2) is 12.3 Å². The molecule has 0 saturated carbocycles. The molecular weight excluding hydrogens is 398 g/mol. The normalized spacial score (nSPS) is 16.2. The lowest BCUT2D eigenvalue weighted by Crippen LogP contribution is -2.53. The van der Waals surface area contributed by atoms with E-state index in [2.05, 4.69) is 0 Å². The summed E-state index contributed by atoms with van der Waals surface area (Å²) < 4.78 is 32.1. The molecule has 0 aliphatic carbocycles. The van der Waals surface area contributed by atoms with E-state index in [9.17, 15) is 23.2 Å². The van der Waals surface area contributed by atoms with Crippen molar-refractivity contribution in [3.63, 3.8) is 0 Å². The van der Waals surface area contributed by atoms with Gasteiger partial charge in [-0.3, -0.25) is 4.79 Å². The van der Waals surface area contributed by atoms with Crippen molar-refractivity contribution in [2.24, 2.45) is 0 Å². The summed E-state index contributed by atoms with van der Waals surface area (Å²) in [6.45, 7) is 2.07. The third kappa shape index (κ3) is 4.54. The van der Waals surface area contributed by atoms with Crippen LogP contribution >= 0.6 is 0 Å². The quantitative estimate of drug-likeness (QED) is 0.394. The molecule has 1 aromatic carbocycles. The molecule has 1 aliphatic heterocycles. The molecule has 154 valence electrons. The number of hydrogen-bond donors (Lipinski definition) is 0. The number of ether oxygens (including phenoxy) is 1. The molecule has 2 aromatic rings. The number of esters is 1. The molecule has 1 fully saturated rings. The smallest absolute Gasteiger partial charge is 0.405 e. The third-order valence-corrected chi connectivity index (χ3v) is 6.51. The lowest BCUT2D eigenvalue weighted by atomic mass is 10.3. The minimum Gasteiger partial charge on any atom is -0.618 e. The highest BCUT2D eigenvalue weighted by Crippen LogP contribution is 2.17. The van der Waals surface area contributed by atoms with Crippen molar-refractivity contribution in [2.75, 3.05) is 26.2 Å². The zero-order valence-electron chi connectivity index (χ0n) is 15.8. The number of carbonyl (C=O) groups is 2. The Hall–Kier alpha value is -2.98. The van der Waals surface area contributed by atoms with Gasteiger partial charge in [-0.15, -0.1) is 0 Å². The Labute approximate surface area is 168 Å². The van der Waals surface area contributed by atoms with E-state index in [1.807, 2.05) is 0 Å². The fraction of sp³-hybridized carbons (Fsp3) is 0.316. The Balaban J connectivity index is 1.58. The van der Waals surface area contributed by atoms with Crippen molar-refractivity contribution in [3.8, 4) is 0 Å². The Morgan fingerprint density at radius 1 is 1.03 bits per heavy atom. The fourth-order valence-electron chi connectivity index (χ4n) is 3.01. The number of aromatic nitrogens is 1. The number of pyridine rings is 1. The van der Waals surface area contributed by atoms with Gasteiger partial charge in [0.05, 0.1) is 4.90 Å². The van der Waals surface area contributed by atoms with Crippen LogP contribution in [0.1, 0.15) is 17.4 Å². The summed E-state index contributed by atoms with van der Waals surface area (Å²) in [5.74, 6) is -1.34. The summed E-state index contributed by atoms with van der Waals surface area (Å²) in [7, 11) is -3.62. The van der Waals surface area contributed by atoms with E-state index in [0.29, 0.717) is 4.73 Å². The largest absolute Gasteiger partial charge is 0.618 e. The number of amides is 1. The van der Waals surface area contributed by atoms with Gasteiger partial charge in [-0.1, -0.05) is 18.2 Å². The van der Waals surface area contributed by atoms with Gasteiger partial charge in [0.1, 0.15) is 0 Å². The molecule has 9 nitrogen and oxygen atoms in total. The zero-order chi connectivity index (χ0) is 21.0. The zero-order valence-corrected chi connectivity index (χ0v) is 16.6. The van der Waals surface area contributed by atoms with Gasteiger partial charge in [-0.2, -0.15) is 9.04 Å². The minimum absolute atomic E-state index is 0.142. The van der Waals surface area contributed by atoms with Crippen LogP contribution in [0.3, 0.4) is 0 Å². The first kappa shape index (κ1) is 20.7. The predicted molar refractivity (Wildman–Crippen MR) is 102 cm³/mol. The third-order valence-electron chi connectivity index (χ3n) is 4.60. The van der Waals surface area contributed by atoms with Crippen LogP contribution in [-0.2, 0) is 19.6 Å². The highest BCUT2D eigenvalue weighted by molar-refractivity contribution is 7.89. The molecule has 2 heterocycles. The average molecular weight is 419 g/mol. The Morgan fingerprint density at radius 3 is 2.28 bits per heavy atom. The highest BCUT2D eigenvalue weighted by Gasteiger charge is 2.33. The van der Waals surface area contributed by atoms with E-state index in [1.165, 1.54) is 46.5 Å². The van der Waals surface area contributed by atoms with Gasteiger partial charge in [0.2, 0.25) is 10.0 Å². The van der Waals surface area contributed by atoms with Crippen LogP contribution in [0.5, 0.6) is 0 Å². The van der Waals surface area contributed by atoms with Gasteiger partial charge in [0.25, 0.3) is 5.91 Å². The summed E-state index contributed by atoms with van der Waals surface area (Å²) in [6.07, 6.45) is 0.0649. The van der Waals surface area contributed by atoms with Crippen LogP contribution in [-0.4, -0.2) is 61.8 Å². The highest BCUT2D eigenvalue weighted by atomic mass is 32.2. The van der Waals surface area contributed by atoms with Crippen molar-refractivity contribution in [3.05, 3.63) is 65.6 Å². The topological polar surface area (TPSA) is 111 Å². The van der Waals surface area contributed by atoms with Crippen molar-refractivity contribution >= 4 is 21.9 Å². The molecule has 3 rings (SSSR count). The van der Waals surface area contributed by atoms with E-state index in [0.717, 1.165) is 6.20 Å². The summed E-state index contributed by atoms with van der Waals surface area (Å²) >= 11 is 0. The van der Waals surface area contributed by atoms with E-state index in [1.54, 1.807) is 18.2 Å². The minimum atomic E-state index is -3.62. The first-order chi connectivity index (χ1) is 13.8. The maximum absolute atomic E-state index is 12.7. The predicted octanol–water partition coefficient (Wildman–Crippen LogP) is 0.398. The number of nitrogens with zero attached hydrogens (tertiary/aromatic N) is 3. The van der Waals surface area contributed by atoms with E-state index in [-0.39, 0.29) is 36.8 Å². The molecule has 0 spiro atoms. The molecule has 1 atom stereocenters. The van der Waals surface area contributed by atoms with Crippen molar-refractivity contribution < 1.29 is 27.5 Å². The summed E-state index contributed by atoms with van der Waals surface area (Å²) in [5.41, 5.74) is -0.217. The molecule has 0 radical (unpaired) electrons. The molecular formula is C19H21N3O6S. The molecule has 1 aliphatic rings. The lowest BCUT2D eigenvalue weighted by molar-refractivity contribution is -0.608. The van der Waals surface area contributed by atoms with Crippen LogP contribution in [0.4, 0.5) is 0 Å². The van der Waals surface area contributed by atoms with Gasteiger partial charge < -0.3 is 14.8 Å². The molecule has 29 heavy (non-hydrogen) atoms. The molecule has 0 N–H and O–H groups in total.